The summed E-state index contributed by atoms with van der Waals surface area (Å²) in [5, 5.41) is 11.4. The number of rotatable bonds is 8. The summed E-state index contributed by atoms with van der Waals surface area (Å²) >= 11 is 0. The zero-order valence-corrected chi connectivity index (χ0v) is 11.9. The molecular formula is C13H26N2O3. The van der Waals surface area contributed by atoms with Crippen LogP contribution in [0.2, 0.25) is 0 Å². The Kier molecular flexibility index (Phi) is 8.16. The van der Waals surface area contributed by atoms with Gasteiger partial charge in [-0.1, -0.05) is 13.8 Å². The third kappa shape index (κ3) is 7.14. The monoisotopic (exact) mass is 258 g/mol. The lowest BCUT2D eigenvalue weighted by Crippen LogP contribution is -2.45. The number of carbonyl (C=O) groups is 2. The first-order valence-corrected chi connectivity index (χ1v) is 6.64. The standard InChI is InChI=1S/C13H26N2O3/c1-5-8-15(10(2)3)13(18)14-9-11(4)6-7-12(16)17/h10-11H,5-9H2,1-4H3,(H,14,18)(H,16,17). The van der Waals surface area contributed by atoms with Gasteiger partial charge >= 0.3 is 12.0 Å². The van der Waals surface area contributed by atoms with Gasteiger partial charge in [0.2, 0.25) is 0 Å². The average molecular weight is 258 g/mol. The van der Waals surface area contributed by atoms with Crippen molar-refractivity contribution >= 4 is 12.0 Å². The maximum Gasteiger partial charge on any atom is 0.317 e. The predicted molar refractivity (Wildman–Crippen MR) is 71.6 cm³/mol. The van der Waals surface area contributed by atoms with Gasteiger partial charge < -0.3 is 15.3 Å². The van der Waals surface area contributed by atoms with E-state index in [-0.39, 0.29) is 24.4 Å². The number of amides is 2. The summed E-state index contributed by atoms with van der Waals surface area (Å²) in [5.41, 5.74) is 0. The van der Waals surface area contributed by atoms with Crippen LogP contribution in [0.3, 0.4) is 0 Å². The first-order valence-electron chi connectivity index (χ1n) is 6.64. The van der Waals surface area contributed by atoms with E-state index in [1.807, 2.05) is 27.7 Å². The average Bonchev–Trinajstić information content (AvgIpc) is 2.29. The smallest absolute Gasteiger partial charge is 0.317 e. The third-order valence-electron chi connectivity index (χ3n) is 2.80. The number of nitrogens with one attached hydrogen (secondary N) is 1. The number of carbonyl (C=O) groups excluding carboxylic acids is 1. The van der Waals surface area contributed by atoms with Crippen molar-refractivity contribution in [1.82, 2.24) is 10.2 Å². The number of hydrogen-bond acceptors (Lipinski definition) is 2. The molecule has 18 heavy (non-hydrogen) atoms. The molecule has 2 amide bonds. The minimum atomic E-state index is -0.789. The summed E-state index contributed by atoms with van der Waals surface area (Å²) in [6.07, 6.45) is 1.67. The molecule has 0 aliphatic heterocycles. The fourth-order valence-corrected chi connectivity index (χ4v) is 1.67. The molecular weight excluding hydrogens is 232 g/mol. The normalized spacial score (nSPS) is 12.3. The molecule has 5 nitrogen and oxygen atoms in total. The molecule has 0 saturated carbocycles. The van der Waals surface area contributed by atoms with E-state index in [0.717, 1.165) is 13.0 Å². The van der Waals surface area contributed by atoms with Crippen molar-refractivity contribution in [2.45, 2.75) is 53.0 Å². The number of nitrogens with zero attached hydrogens (tertiary/aromatic N) is 1. The second kappa shape index (κ2) is 8.78. The van der Waals surface area contributed by atoms with Gasteiger partial charge in [-0.2, -0.15) is 0 Å². The molecule has 0 spiro atoms. The largest absolute Gasteiger partial charge is 0.481 e. The zero-order valence-electron chi connectivity index (χ0n) is 11.9. The van der Waals surface area contributed by atoms with Crippen LogP contribution >= 0.6 is 0 Å². The van der Waals surface area contributed by atoms with Crippen LogP contribution in [0.5, 0.6) is 0 Å². The Labute approximate surface area is 110 Å². The van der Waals surface area contributed by atoms with Gasteiger partial charge in [0.15, 0.2) is 0 Å². The van der Waals surface area contributed by atoms with Crippen LogP contribution in [0, 0.1) is 5.92 Å². The second-order valence-corrected chi connectivity index (χ2v) is 5.01. The third-order valence-corrected chi connectivity index (χ3v) is 2.80. The molecule has 0 aliphatic carbocycles. The highest BCUT2D eigenvalue weighted by atomic mass is 16.4. The van der Waals surface area contributed by atoms with Crippen molar-refractivity contribution < 1.29 is 14.7 Å². The molecule has 0 heterocycles. The minimum absolute atomic E-state index is 0.0611. The Morgan fingerprint density at radius 3 is 2.33 bits per heavy atom. The van der Waals surface area contributed by atoms with E-state index in [2.05, 4.69) is 5.32 Å². The number of carboxylic acids is 1. The molecule has 106 valence electrons. The van der Waals surface area contributed by atoms with Crippen LogP contribution in [0.15, 0.2) is 0 Å². The van der Waals surface area contributed by atoms with Gasteiger partial charge in [0.1, 0.15) is 0 Å². The first-order chi connectivity index (χ1) is 8.38. The molecule has 0 aromatic rings. The van der Waals surface area contributed by atoms with Crippen molar-refractivity contribution in [2.75, 3.05) is 13.1 Å². The van der Waals surface area contributed by atoms with Crippen LogP contribution in [-0.2, 0) is 4.79 Å². The van der Waals surface area contributed by atoms with Crippen LogP contribution in [-0.4, -0.2) is 41.1 Å². The number of carboxylic acid groups (broad SMARTS) is 1. The van der Waals surface area contributed by atoms with Crippen molar-refractivity contribution in [3.05, 3.63) is 0 Å². The molecule has 0 aromatic carbocycles. The number of urea groups is 1. The molecule has 0 bridgehead atoms. The Hall–Kier alpha value is -1.26. The van der Waals surface area contributed by atoms with Crippen LogP contribution < -0.4 is 5.32 Å². The molecule has 5 heteroatoms. The SMILES string of the molecule is CCCN(C(=O)NCC(C)CCC(=O)O)C(C)C. The molecule has 0 rings (SSSR count). The lowest BCUT2D eigenvalue weighted by atomic mass is 10.1. The lowest BCUT2D eigenvalue weighted by molar-refractivity contribution is -0.137. The number of hydrogen-bond donors (Lipinski definition) is 2. The maximum atomic E-state index is 11.9. The van der Waals surface area contributed by atoms with Crippen LogP contribution in [0.1, 0.15) is 47.0 Å². The molecule has 0 saturated heterocycles. The molecule has 0 radical (unpaired) electrons. The fraction of sp³-hybridized carbons (Fsp3) is 0.846. The summed E-state index contributed by atoms with van der Waals surface area (Å²) < 4.78 is 0. The highest BCUT2D eigenvalue weighted by Gasteiger charge is 2.16. The summed E-state index contributed by atoms with van der Waals surface area (Å²) in [7, 11) is 0. The Balaban J connectivity index is 4.02. The van der Waals surface area contributed by atoms with E-state index in [1.54, 1.807) is 4.90 Å². The minimum Gasteiger partial charge on any atom is -0.481 e. The summed E-state index contributed by atoms with van der Waals surface area (Å²) in [6, 6.07) is 0.119. The van der Waals surface area contributed by atoms with Gasteiger partial charge in [-0.3, -0.25) is 4.79 Å². The fourth-order valence-electron chi connectivity index (χ4n) is 1.67. The summed E-state index contributed by atoms with van der Waals surface area (Å²) in [6.45, 7) is 9.24. The summed E-state index contributed by atoms with van der Waals surface area (Å²) in [5.74, 6) is -0.608. The molecule has 2 N–H and O–H groups in total. The van der Waals surface area contributed by atoms with Crippen molar-refractivity contribution in [3.8, 4) is 0 Å². The molecule has 0 aliphatic rings. The van der Waals surface area contributed by atoms with Gasteiger partial charge in [-0.05, 0) is 32.6 Å². The first kappa shape index (κ1) is 16.7. The highest BCUT2D eigenvalue weighted by molar-refractivity contribution is 5.74. The van der Waals surface area contributed by atoms with E-state index in [0.29, 0.717) is 13.0 Å². The molecule has 1 atom stereocenters. The second-order valence-electron chi connectivity index (χ2n) is 5.01. The van der Waals surface area contributed by atoms with Gasteiger partial charge in [0, 0.05) is 25.6 Å². The van der Waals surface area contributed by atoms with Gasteiger partial charge in [-0.25, -0.2) is 4.79 Å². The summed E-state index contributed by atoms with van der Waals surface area (Å²) in [4.78, 5) is 24.1. The maximum absolute atomic E-state index is 11.9. The zero-order chi connectivity index (χ0) is 14.1. The van der Waals surface area contributed by atoms with Crippen molar-refractivity contribution in [3.63, 3.8) is 0 Å². The Bertz CT molecular complexity index is 267. The van der Waals surface area contributed by atoms with Crippen molar-refractivity contribution in [1.29, 1.82) is 0 Å². The Morgan fingerprint density at radius 2 is 1.89 bits per heavy atom. The van der Waals surface area contributed by atoms with Gasteiger partial charge in [0.05, 0.1) is 0 Å². The Morgan fingerprint density at radius 1 is 1.28 bits per heavy atom. The quantitative estimate of drug-likeness (QED) is 0.702. The van der Waals surface area contributed by atoms with Crippen LogP contribution in [0.25, 0.3) is 0 Å². The van der Waals surface area contributed by atoms with E-state index < -0.39 is 5.97 Å². The molecule has 0 aromatic heterocycles. The molecule has 1 unspecified atom stereocenters. The number of aliphatic carboxylic acids is 1. The highest BCUT2D eigenvalue weighted by Crippen LogP contribution is 2.05. The van der Waals surface area contributed by atoms with E-state index >= 15 is 0 Å². The topological polar surface area (TPSA) is 69.6 Å². The lowest BCUT2D eigenvalue weighted by Gasteiger charge is -2.27. The van der Waals surface area contributed by atoms with Gasteiger partial charge in [-0.15, -0.1) is 0 Å². The van der Waals surface area contributed by atoms with Gasteiger partial charge in [0.25, 0.3) is 0 Å². The van der Waals surface area contributed by atoms with Crippen LogP contribution in [0.4, 0.5) is 4.79 Å². The van der Waals surface area contributed by atoms with E-state index in [1.165, 1.54) is 0 Å². The van der Waals surface area contributed by atoms with E-state index in [4.69, 9.17) is 5.11 Å². The molecule has 0 fully saturated rings. The van der Waals surface area contributed by atoms with Crippen molar-refractivity contribution in [2.24, 2.45) is 5.92 Å². The van der Waals surface area contributed by atoms with E-state index in [9.17, 15) is 9.59 Å². The predicted octanol–water partition coefficient (Wildman–Crippen LogP) is 2.32.